The van der Waals surface area contributed by atoms with Crippen LogP contribution in [0.2, 0.25) is 0 Å². The third kappa shape index (κ3) is 4.78. The molecule has 0 nitrogen and oxygen atoms in total. The predicted octanol–water partition coefficient (Wildman–Crippen LogP) is 15.3. The molecule has 1 aliphatic rings. The lowest BCUT2D eigenvalue weighted by atomic mass is 9.79. The van der Waals surface area contributed by atoms with Gasteiger partial charge in [0, 0.05) is 5.41 Å². The first kappa shape index (κ1) is 31.7. The third-order valence-corrected chi connectivity index (χ3v) is 12.2. The van der Waals surface area contributed by atoms with E-state index in [0.717, 1.165) is 0 Å². The van der Waals surface area contributed by atoms with E-state index in [1.807, 2.05) is 0 Å². The van der Waals surface area contributed by atoms with Gasteiger partial charge in [-0.25, -0.2) is 0 Å². The van der Waals surface area contributed by atoms with Crippen LogP contribution in [0.1, 0.15) is 25.0 Å². The number of benzene rings is 10. The van der Waals surface area contributed by atoms with Crippen molar-refractivity contribution in [1.82, 2.24) is 0 Å². The van der Waals surface area contributed by atoms with Gasteiger partial charge in [0.2, 0.25) is 0 Å². The maximum absolute atomic E-state index is 2.45. The van der Waals surface area contributed by atoms with Gasteiger partial charge in [-0.15, -0.1) is 0 Å². The normalized spacial score (nSPS) is 13.1. The van der Waals surface area contributed by atoms with Gasteiger partial charge in [-0.2, -0.15) is 0 Å². The lowest BCUT2D eigenvalue weighted by molar-refractivity contribution is 0.666. The van der Waals surface area contributed by atoms with E-state index in [9.17, 15) is 0 Å². The largest absolute Gasteiger partial charge is 0.0622 e. The van der Waals surface area contributed by atoms with Gasteiger partial charge in [0.05, 0.1) is 0 Å². The molecular formula is C55H38. The molecule has 258 valence electrons. The van der Waals surface area contributed by atoms with Gasteiger partial charge in [-0.1, -0.05) is 202 Å². The molecule has 10 aromatic rings. The van der Waals surface area contributed by atoms with Crippen LogP contribution in [0.4, 0.5) is 0 Å². The predicted molar refractivity (Wildman–Crippen MR) is 236 cm³/mol. The Labute approximate surface area is 322 Å². The van der Waals surface area contributed by atoms with Crippen molar-refractivity contribution in [1.29, 1.82) is 0 Å². The average Bonchev–Trinajstić information content (AvgIpc) is 3.49. The molecule has 0 bridgehead atoms. The highest BCUT2D eigenvalue weighted by Gasteiger charge is 2.38. The number of hydrogen-bond acceptors (Lipinski definition) is 0. The van der Waals surface area contributed by atoms with E-state index < -0.39 is 0 Å². The maximum atomic E-state index is 2.45. The van der Waals surface area contributed by atoms with Crippen molar-refractivity contribution in [3.63, 3.8) is 0 Å². The second-order valence-electron chi connectivity index (χ2n) is 15.6. The summed E-state index contributed by atoms with van der Waals surface area (Å²) in [7, 11) is 0. The van der Waals surface area contributed by atoms with E-state index in [0.29, 0.717) is 0 Å². The molecule has 0 saturated heterocycles. The second-order valence-corrected chi connectivity index (χ2v) is 15.6. The second kappa shape index (κ2) is 12.1. The summed E-state index contributed by atoms with van der Waals surface area (Å²) >= 11 is 0. The van der Waals surface area contributed by atoms with Crippen molar-refractivity contribution < 1.29 is 0 Å². The summed E-state index contributed by atoms with van der Waals surface area (Å²) in [4.78, 5) is 0. The van der Waals surface area contributed by atoms with Crippen LogP contribution in [0, 0.1) is 0 Å². The molecule has 0 N–H and O–H groups in total. The van der Waals surface area contributed by atoms with Gasteiger partial charge in [0.15, 0.2) is 0 Å². The third-order valence-electron chi connectivity index (χ3n) is 12.2. The monoisotopic (exact) mass is 698 g/mol. The molecule has 0 aliphatic heterocycles. The molecule has 0 heterocycles. The minimum absolute atomic E-state index is 0.102. The summed E-state index contributed by atoms with van der Waals surface area (Å²) in [6.45, 7) is 4.79. The van der Waals surface area contributed by atoms with Gasteiger partial charge in [0.25, 0.3) is 0 Å². The molecule has 0 amide bonds. The van der Waals surface area contributed by atoms with Crippen molar-refractivity contribution in [2.45, 2.75) is 19.3 Å². The van der Waals surface area contributed by atoms with Crippen molar-refractivity contribution in [2.24, 2.45) is 0 Å². The zero-order valence-electron chi connectivity index (χ0n) is 31.0. The molecule has 0 saturated carbocycles. The summed E-state index contributed by atoms with van der Waals surface area (Å²) in [5, 5.41) is 10.4. The summed E-state index contributed by atoms with van der Waals surface area (Å²) in [5.41, 5.74) is 15.5. The zero-order chi connectivity index (χ0) is 36.7. The van der Waals surface area contributed by atoms with Crippen LogP contribution < -0.4 is 0 Å². The van der Waals surface area contributed by atoms with Gasteiger partial charge in [0.1, 0.15) is 0 Å². The molecule has 0 atom stereocenters. The summed E-state index contributed by atoms with van der Waals surface area (Å²) < 4.78 is 0. The molecule has 1 aliphatic carbocycles. The Balaban J connectivity index is 1.04. The Hall–Kier alpha value is -6.76. The van der Waals surface area contributed by atoms with Crippen LogP contribution in [0.5, 0.6) is 0 Å². The van der Waals surface area contributed by atoms with E-state index in [4.69, 9.17) is 0 Å². The van der Waals surface area contributed by atoms with Gasteiger partial charge in [-0.05, 0) is 116 Å². The molecule has 11 rings (SSSR count). The quantitative estimate of drug-likeness (QED) is 0.127. The van der Waals surface area contributed by atoms with E-state index in [-0.39, 0.29) is 5.41 Å². The van der Waals surface area contributed by atoms with Crippen molar-refractivity contribution in [3.8, 4) is 55.6 Å². The first-order valence-corrected chi connectivity index (χ1v) is 19.4. The van der Waals surface area contributed by atoms with E-state index in [2.05, 4.69) is 208 Å². The molecular weight excluding hydrogens is 661 g/mol. The van der Waals surface area contributed by atoms with E-state index >= 15 is 0 Å². The minimum atomic E-state index is -0.102. The highest BCUT2D eigenvalue weighted by molar-refractivity contribution is 6.22. The zero-order valence-corrected chi connectivity index (χ0v) is 31.0. The Morgan fingerprint density at radius 3 is 1.13 bits per heavy atom. The molecule has 0 unspecified atom stereocenters. The summed E-state index contributed by atoms with van der Waals surface area (Å²) in [6.07, 6.45) is 0. The van der Waals surface area contributed by atoms with Gasteiger partial charge < -0.3 is 0 Å². The molecule has 0 spiro atoms. The molecule has 10 aromatic carbocycles. The van der Waals surface area contributed by atoms with Crippen molar-refractivity contribution >= 4 is 43.1 Å². The van der Waals surface area contributed by atoms with E-state index in [1.165, 1.54) is 110 Å². The molecule has 0 fully saturated rings. The van der Waals surface area contributed by atoms with Crippen molar-refractivity contribution in [2.75, 3.05) is 0 Å². The summed E-state index contributed by atoms with van der Waals surface area (Å²) in [6, 6.07) is 71.9. The fraction of sp³-hybridized carbons (Fsp3) is 0.0545. The van der Waals surface area contributed by atoms with Crippen LogP contribution in [0.15, 0.2) is 194 Å². The number of fused-ring (bicyclic) bond motifs is 10. The first-order valence-electron chi connectivity index (χ1n) is 19.4. The molecule has 0 radical (unpaired) electrons. The SMILES string of the molecule is CC1(C)c2ccc(-c3ccc(-c4c5ccccc5c(-c5ccc(-c6ccccc6)cc5)c5ccccc45)cc3)cc2-c2c1c1ccccc1c1ccccc21. The Bertz CT molecular complexity index is 3070. The van der Waals surface area contributed by atoms with Gasteiger partial charge >= 0.3 is 0 Å². The standard InChI is InChI=1S/C55H38/c1-55(2)50-33-32-40(34-49(50)53-43-18-8-6-16-41(43)42-17-7-13-23-48(42)54(53)55)37-26-30-39(31-27-37)52-46-21-11-9-19-44(46)51(45-20-10-12-22-47(45)52)38-28-24-36(25-29-38)35-14-4-3-5-15-35/h3-34H,1-2H3. The van der Waals surface area contributed by atoms with Crippen LogP contribution >= 0.6 is 0 Å². The molecule has 0 aromatic heterocycles. The smallest absolute Gasteiger partial charge is 0.0165 e. The van der Waals surface area contributed by atoms with Crippen LogP contribution in [0.25, 0.3) is 98.7 Å². The average molecular weight is 699 g/mol. The topological polar surface area (TPSA) is 0 Å². The fourth-order valence-corrected chi connectivity index (χ4v) is 9.72. The Morgan fingerprint density at radius 1 is 0.273 bits per heavy atom. The summed E-state index contributed by atoms with van der Waals surface area (Å²) in [5.74, 6) is 0. The highest BCUT2D eigenvalue weighted by Crippen LogP contribution is 2.55. The van der Waals surface area contributed by atoms with Gasteiger partial charge in [-0.3, -0.25) is 0 Å². The Kier molecular flexibility index (Phi) is 7.00. The maximum Gasteiger partial charge on any atom is 0.0165 e. The lowest BCUT2D eigenvalue weighted by Gasteiger charge is -2.24. The first-order chi connectivity index (χ1) is 27.1. The number of hydrogen-bond donors (Lipinski definition) is 0. The fourth-order valence-electron chi connectivity index (χ4n) is 9.72. The van der Waals surface area contributed by atoms with Crippen LogP contribution in [-0.4, -0.2) is 0 Å². The highest BCUT2D eigenvalue weighted by atomic mass is 14.4. The minimum Gasteiger partial charge on any atom is -0.0622 e. The molecule has 55 heavy (non-hydrogen) atoms. The van der Waals surface area contributed by atoms with Crippen LogP contribution in [0.3, 0.4) is 0 Å². The van der Waals surface area contributed by atoms with Crippen molar-refractivity contribution in [3.05, 3.63) is 205 Å². The number of rotatable bonds is 4. The molecule has 0 heteroatoms. The lowest BCUT2D eigenvalue weighted by Crippen LogP contribution is -2.15. The Morgan fingerprint density at radius 2 is 0.618 bits per heavy atom. The van der Waals surface area contributed by atoms with E-state index in [1.54, 1.807) is 0 Å². The van der Waals surface area contributed by atoms with Crippen LogP contribution in [-0.2, 0) is 5.41 Å².